The zero-order valence-corrected chi connectivity index (χ0v) is 17.5. The number of aryl methyl sites for hydroxylation is 1. The van der Waals surface area contributed by atoms with Gasteiger partial charge in [0.25, 0.3) is 0 Å². The van der Waals surface area contributed by atoms with Crippen LogP contribution >= 0.6 is 0 Å². The second kappa shape index (κ2) is 10.7. The second-order valence-corrected chi connectivity index (χ2v) is 7.21. The molecule has 0 unspecified atom stereocenters. The van der Waals surface area contributed by atoms with E-state index in [1.54, 1.807) is 32.4 Å². The number of rotatable bonds is 10. The summed E-state index contributed by atoms with van der Waals surface area (Å²) < 4.78 is 10.5. The van der Waals surface area contributed by atoms with Crippen LogP contribution in [0, 0.1) is 5.92 Å². The standard InChI is InChI=1S/C23H32N2O3/c1-6-7-17-8-10-18(11-9-17)23(16(2)3)24-15-22(26)25-20-14-19(27-4)12-13-21(20)28-5/h8-14,16,23-24H,6-7,15H2,1-5H3,(H,25,26)/t23-/m0/s1. The van der Waals surface area contributed by atoms with Crippen LogP contribution in [0.25, 0.3) is 0 Å². The molecule has 1 amide bonds. The molecule has 0 spiro atoms. The third-order valence-corrected chi connectivity index (χ3v) is 4.71. The number of hydrogen-bond acceptors (Lipinski definition) is 4. The van der Waals surface area contributed by atoms with E-state index in [1.165, 1.54) is 11.1 Å². The van der Waals surface area contributed by atoms with Crippen molar-refractivity contribution >= 4 is 11.6 Å². The lowest BCUT2D eigenvalue weighted by molar-refractivity contribution is -0.115. The fourth-order valence-electron chi connectivity index (χ4n) is 3.23. The van der Waals surface area contributed by atoms with Crippen LogP contribution in [0.5, 0.6) is 11.5 Å². The number of carbonyl (C=O) groups is 1. The first-order valence-electron chi connectivity index (χ1n) is 9.82. The molecule has 0 fully saturated rings. The Kier molecular flexibility index (Phi) is 8.33. The Morgan fingerprint density at radius 3 is 2.32 bits per heavy atom. The Balaban J connectivity index is 2.02. The van der Waals surface area contributed by atoms with Gasteiger partial charge in [0.05, 0.1) is 26.5 Å². The van der Waals surface area contributed by atoms with Crippen LogP contribution in [0.15, 0.2) is 42.5 Å². The first-order chi connectivity index (χ1) is 13.5. The van der Waals surface area contributed by atoms with Crippen LogP contribution < -0.4 is 20.1 Å². The molecule has 5 heteroatoms. The molecule has 0 saturated heterocycles. The Bertz CT molecular complexity index is 757. The number of hydrogen-bond donors (Lipinski definition) is 2. The molecule has 2 N–H and O–H groups in total. The number of benzene rings is 2. The predicted molar refractivity (Wildman–Crippen MR) is 114 cm³/mol. The highest BCUT2D eigenvalue weighted by Gasteiger charge is 2.17. The van der Waals surface area contributed by atoms with Gasteiger partial charge in [0, 0.05) is 12.1 Å². The summed E-state index contributed by atoms with van der Waals surface area (Å²) in [5.74, 6) is 1.49. The van der Waals surface area contributed by atoms with Gasteiger partial charge in [-0.1, -0.05) is 51.5 Å². The van der Waals surface area contributed by atoms with Gasteiger partial charge in [-0.05, 0) is 35.6 Å². The maximum Gasteiger partial charge on any atom is 0.238 e. The molecule has 1 atom stereocenters. The molecule has 0 saturated carbocycles. The van der Waals surface area contributed by atoms with E-state index in [9.17, 15) is 4.79 Å². The molecule has 0 aliphatic rings. The maximum atomic E-state index is 12.5. The van der Waals surface area contributed by atoms with Gasteiger partial charge < -0.3 is 20.1 Å². The van der Waals surface area contributed by atoms with Gasteiger partial charge in [-0.25, -0.2) is 0 Å². The molecular formula is C23H32N2O3. The first kappa shape index (κ1) is 21.8. The van der Waals surface area contributed by atoms with E-state index >= 15 is 0 Å². The van der Waals surface area contributed by atoms with Gasteiger partial charge in [-0.15, -0.1) is 0 Å². The van der Waals surface area contributed by atoms with Crippen molar-refractivity contribution in [2.45, 2.75) is 39.7 Å². The molecule has 2 rings (SSSR count). The van der Waals surface area contributed by atoms with E-state index in [0.717, 1.165) is 12.8 Å². The molecule has 0 bridgehead atoms. The summed E-state index contributed by atoms with van der Waals surface area (Å²) in [6.07, 6.45) is 2.23. The van der Waals surface area contributed by atoms with Crippen molar-refractivity contribution in [3.05, 3.63) is 53.6 Å². The number of amides is 1. The molecule has 5 nitrogen and oxygen atoms in total. The molecule has 152 valence electrons. The summed E-state index contributed by atoms with van der Waals surface area (Å²) in [4.78, 5) is 12.5. The van der Waals surface area contributed by atoms with E-state index in [2.05, 4.69) is 55.7 Å². The van der Waals surface area contributed by atoms with Crippen LogP contribution in [0.2, 0.25) is 0 Å². The normalized spacial score (nSPS) is 11.9. The van der Waals surface area contributed by atoms with Gasteiger partial charge in [0.15, 0.2) is 0 Å². The minimum atomic E-state index is -0.125. The lowest BCUT2D eigenvalue weighted by Gasteiger charge is -2.23. The average molecular weight is 385 g/mol. The monoisotopic (exact) mass is 384 g/mol. The van der Waals surface area contributed by atoms with Crippen LogP contribution in [0.1, 0.15) is 44.4 Å². The third kappa shape index (κ3) is 5.99. The maximum absolute atomic E-state index is 12.5. The fourth-order valence-corrected chi connectivity index (χ4v) is 3.23. The summed E-state index contributed by atoms with van der Waals surface area (Å²) >= 11 is 0. The Labute approximate surface area is 168 Å². The van der Waals surface area contributed by atoms with Crippen molar-refractivity contribution in [1.29, 1.82) is 0 Å². The van der Waals surface area contributed by atoms with Crippen molar-refractivity contribution in [2.24, 2.45) is 5.92 Å². The molecule has 0 aliphatic carbocycles. The average Bonchev–Trinajstić information content (AvgIpc) is 2.69. The molecule has 2 aromatic carbocycles. The SMILES string of the molecule is CCCc1ccc([C@@H](NCC(=O)Nc2cc(OC)ccc2OC)C(C)C)cc1. The van der Waals surface area contributed by atoms with Crippen LogP contribution in [-0.4, -0.2) is 26.7 Å². The highest BCUT2D eigenvalue weighted by molar-refractivity contribution is 5.94. The lowest BCUT2D eigenvalue weighted by Crippen LogP contribution is -2.33. The van der Waals surface area contributed by atoms with Gasteiger partial charge >= 0.3 is 0 Å². The lowest BCUT2D eigenvalue weighted by atomic mass is 9.94. The summed E-state index contributed by atoms with van der Waals surface area (Å²) in [6.45, 7) is 6.70. The Morgan fingerprint density at radius 1 is 1.04 bits per heavy atom. The summed E-state index contributed by atoms with van der Waals surface area (Å²) in [5.41, 5.74) is 3.14. The van der Waals surface area contributed by atoms with Gasteiger partial charge in [-0.2, -0.15) is 0 Å². The Morgan fingerprint density at radius 2 is 1.75 bits per heavy atom. The minimum absolute atomic E-state index is 0.105. The van der Waals surface area contributed by atoms with Gasteiger partial charge in [0.2, 0.25) is 5.91 Å². The molecule has 0 aromatic heterocycles. The minimum Gasteiger partial charge on any atom is -0.497 e. The first-order valence-corrected chi connectivity index (χ1v) is 9.82. The predicted octanol–water partition coefficient (Wildman–Crippen LogP) is 4.58. The largest absolute Gasteiger partial charge is 0.497 e. The molecule has 0 heterocycles. The molecule has 28 heavy (non-hydrogen) atoms. The van der Waals surface area contributed by atoms with E-state index in [4.69, 9.17) is 9.47 Å². The van der Waals surface area contributed by atoms with Gasteiger partial charge in [0.1, 0.15) is 11.5 Å². The summed E-state index contributed by atoms with van der Waals surface area (Å²) in [6, 6.07) is 14.1. The molecular weight excluding hydrogens is 352 g/mol. The van der Waals surface area contributed by atoms with Crippen LogP contribution in [0.3, 0.4) is 0 Å². The van der Waals surface area contributed by atoms with Crippen molar-refractivity contribution in [1.82, 2.24) is 5.32 Å². The topological polar surface area (TPSA) is 59.6 Å². The Hall–Kier alpha value is -2.53. The number of carbonyl (C=O) groups excluding carboxylic acids is 1. The highest BCUT2D eigenvalue weighted by Crippen LogP contribution is 2.29. The van der Waals surface area contributed by atoms with Crippen molar-refractivity contribution < 1.29 is 14.3 Å². The van der Waals surface area contributed by atoms with Crippen molar-refractivity contribution in [3.63, 3.8) is 0 Å². The number of nitrogens with one attached hydrogen (secondary N) is 2. The number of methoxy groups -OCH3 is 2. The fraction of sp³-hybridized carbons (Fsp3) is 0.435. The molecule has 0 radical (unpaired) electrons. The zero-order chi connectivity index (χ0) is 20.5. The molecule has 0 aliphatic heterocycles. The van der Waals surface area contributed by atoms with Crippen molar-refractivity contribution in [2.75, 3.05) is 26.1 Å². The van der Waals surface area contributed by atoms with E-state index < -0.39 is 0 Å². The zero-order valence-electron chi connectivity index (χ0n) is 17.5. The van der Waals surface area contributed by atoms with E-state index in [1.807, 2.05) is 0 Å². The summed E-state index contributed by atoms with van der Waals surface area (Å²) in [7, 11) is 3.17. The highest BCUT2D eigenvalue weighted by atomic mass is 16.5. The number of ether oxygens (including phenoxy) is 2. The van der Waals surface area contributed by atoms with Crippen molar-refractivity contribution in [3.8, 4) is 11.5 Å². The van der Waals surface area contributed by atoms with E-state index in [-0.39, 0.29) is 18.5 Å². The second-order valence-electron chi connectivity index (χ2n) is 7.21. The smallest absolute Gasteiger partial charge is 0.238 e. The quantitative estimate of drug-likeness (QED) is 0.629. The summed E-state index contributed by atoms with van der Waals surface area (Å²) in [5, 5.41) is 6.29. The number of anilines is 1. The van der Waals surface area contributed by atoms with Crippen LogP contribution in [0.4, 0.5) is 5.69 Å². The molecule has 2 aromatic rings. The van der Waals surface area contributed by atoms with Crippen LogP contribution in [-0.2, 0) is 11.2 Å². The van der Waals surface area contributed by atoms with Gasteiger partial charge in [-0.3, -0.25) is 4.79 Å². The third-order valence-electron chi connectivity index (χ3n) is 4.71. The van der Waals surface area contributed by atoms with E-state index in [0.29, 0.717) is 23.1 Å².